The average molecular weight is 286 g/mol. The van der Waals surface area contributed by atoms with E-state index < -0.39 is 11.5 Å². The van der Waals surface area contributed by atoms with E-state index in [4.69, 9.17) is 4.42 Å². The number of benzene rings is 1. The molecular weight excluding hydrogens is 272 g/mol. The van der Waals surface area contributed by atoms with E-state index in [-0.39, 0.29) is 17.1 Å². The second-order valence-corrected chi connectivity index (χ2v) is 4.37. The van der Waals surface area contributed by atoms with E-state index in [0.29, 0.717) is 5.69 Å². The maximum absolute atomic E-state index is 12.1. The summed E-state index contributed by atoms with van der Waals surface area (Å²) in [6.45, 7) is 1.31. The van der Waals surface area contributed by atoms with Gasteiger partial charge in [0.15, 0.2) is 11.5 Å². The van der Waals surface area contributed by atoms with Crippen molar-refractivity contribution in [1.29, 1.82) is 0 Å². The van der Waals surface area contributed by atoms with Gasteiger partial charge in [-0.1, -0.05) is 6.07 Å². The van der Waals surface area contributed by atoms with Gasteiger partial charge in [0.1, 0.15) is 0 Å². The molecule has 21 heavy (non-hydrogen) atoms. The maximum atomic E-state index is 12.1. The van der Waals surface area contributed by atoms with E-state index in [2.05, 4.69) is 10.6 Å². The third-order valence-electron chi connectivity index (χ3n) is 2.81. The molecule has 0 aliphatic rings. The Balaban J connectivity index is 2.27. The Labute approximate surface area is 120 Å². The summed E-state index contributed by atoms with van der Waals surface area (Å²) in [6, 6.07) is 9.34. The number of anilines is 2. The quantitative estimate of drug-likeness (QED) is 0.841. The topological polar surface area (TPSA) is 88.4 Å². The third-order valence-corrected chi connectivity index (χ3v) is 2.81. The summed E-state index contributed by atoms with van der Waals surface area (Å²) in [5, 5.41) is 5.55. The molecule has 2 N–H and O–H groups in total. The minimum absolute atomic E-state index is 0.139. The summed E-state index contributed by atoms with van der Waals surface area (Å²) in [4.78, 5) is 34.7. The number of ketones is 1. The van der Waals surface area contributed by atoms with Crippen molar-refractivity contribution in [2.75, 3.05) is 17.7 Å². The highest BCUT2D eigenvalue weighted by Crippen LogP contribution is 2.15. The molecule has 1 amide bonds. The third kappa shape index (κ3) is 3.56. The Morgan fingerprint density at radius 1 is 1.10 bits per heavy atom. The molecule has 0 spiro atoms. The lowest BCUT2D eigenvalue weighted by molar-refractivity contribution is 0.0991. The van der Waals surface area contributed by atoms with Crippen molar-refractivity contribution in [2.24, 2.45) is 0 Å². The zero-order chi connectivity index (χ0) is 15.4. The molecule has 1 heterocycles. The number of rotatable bonds is 4. The van der Waals surface area contributed by atoms with Crippen LogP contribution in [0.5, 0.6) is 0 Å². The first-order valence-electron chi connectivity index (χ1n) is 6.25. The van der Waals surface area contributed by atoms with Crippen molar-refractivity contribution in [3.05, 3.63) is 58.1 Å². The van der Waals surface area contributed by atoms with E-state index in [1.807, 2.05) is 6.07 Å². The monoisotopic (exact) mass is 286 g/mol. The van der Waals surface area contributed by atoms with E-state index in [1.165, 1.54) is 13.0 Å². The predicted molar refractivity (Wildman–Crippen MR) is 78.9 cm³/mol. The molecule has 0 bridgehead atoms. The van der Waals surface area contributed by atoms with Gasteiger partial charge in [0.2, 0.25) is 0 Å². The van der Waals surface area contributed by atoms with Crippen LogP contribution in [0.25, 0.3) is 0 Å². The first-order valence-corrected chi connectivity index (χ1v) is 6.25. The van der Waals surface area contributed by atoms with E-state index in [9.17, 15) is 14.4 Å². The number of carbonyl (C=O) groups is 2. The molecule has 0 aliphatic heterocycles. The fraction of sp³-hybridized carbons (Fsp3) is 0.133. The van der Waals surface area contributed by atoms with Gasteiger partial charge in [-0.15, -0.1) is 0 Å². The Kier molecular flexibility index (Phi) is 4.18. The smallest absolute Gasteiger partial charge is 0.337 e. The molecule has 2 rings (SSSR count). The highest BCUT2D eigenvalue weighted by molar-refractivity contribution is 6.04. The van der Waals surface area contributed by atoms with Crippen LogP contribution in [0.4, 0.5) is 11.4 Å². The SMILES string of the molecule is CNc1cccc(NC(=O)c2cc(C(C)=O)cc(=O)o2)c1. The minimum Gasteiger partial charge on any atom is -0.417 e. The van der Waals surface area contributed by atoms with E-state index in [0.717, 1.165) is 11.8 Å². The molecule has 0 atom stereocenters. The van der Waals surface area contributed by atoms with Crippen LogP contribution in [-0.2, 0) is 0 Å². The first kappa shape index (κ1) is 14.5. The van der Waals surface area contributed by atoms with Crippen molar-refractivity contribution in [1.82, 2.24) is 0 Å². The largest absolute Gasteiger partial charge is 0.417 e. The van der Waals surface area contributed by atoms with Crippen LogP contribution < -0.4 is 16.3 Å². The number of hydrogen-bond acceptors (Lipinski definition) is 5. The lowest BCUT2D eigenvalue weighted by atomic mass is 10.2. The van der Waals surface area contributed by atoms with Gasteiger partial charge in [-0.05, 0) is 31.2 Å². The lowest BCUT2D eigenvalue weighted by Crippen LogP contribution is -2.16. The second-order valence-electron chi connectivity index (χ2n) is 4.37. The normalized spacial score (nSPS) is 10.0. The van der Waals surface area contributed by atoms with Crippen molar-refractivity contribution in [2.45, 2.75) is 6.92 Å². The van der Waals surface area contributed by atoms with Gasteiger partial charge < -0.3 is 15.1 Å². The molecule has 1 aromatic heterocycles. The number of Topliss-reactive ketones (excluding diaryl/α,β-unsaturated/α-hetero) is 1. The van der Waals surface area contributed by atoms with Crippen molar-refractivity contribution >= 4 is 23.1 Å². The first-order chi connectivity index (χ1) is 9.99. The summed E-state index contributed by atoms with van der Waals surface area (Å²) >= 11 is 0. The van der Waals surface area contributed by atoms with Crippen LogP contribution >= 0.6 is 0 Å². The number of hydrogen-bond donors (Lipinski definition) is 2. The Morgan fingerprint density at radius 3 is 2.48 bits per heavy atom. The van der Waals surface area contributed by atoms with Gasteiger partial charge in [0.25, 0.3) is 5.91 Å². The Hall–Kier alpha value is -2.89. The van der Waals surface area contributed by atoms with Crippen molar-refractivity contribution in [3.8, 4) is 0 Å². The molecule has 6 nitrogen and oxygen atoms in total. The van der Waals surface area contributed by atoms with Gasteiger partial charge in [0, 0.05) is 30.1 Å². The predicted octanol–water partition coefficient (Wildman–Crippen LogP) is 2.14. The van der Waals surface area contributed by atoms with Crippen LogP contribution in [0.15, 0.2) is 45.6 Å². The zero-order valence-corrected chi connectivity index (χ0v) is 11.6. The van der Waals surface area contributed by atoms with Crippen LogP contribution in [0.3, 0.4) is 0 Å². The molecule has 6 heteroatoms. The average Bonchev–Trinajstić information content (AvgIpc) is 2.46. The summed E-state index contributed by atoms with van der Waals surface area (Å²) in [5.74, 6) is -1.11. The van der Waals surface area contributed by atoms with Crippen LogP contribution in [0, 0.1) is 0 Å². The molecule has 0 fully saturated rings. The highest BCUT2D eigenvalue weighted by Gasteiger charge is 2.13. The molecule has 108 valence electrons. The standard InChI is InChI=1S/C15H14N2O4/c1-9(18)10-6-13(21-14(19)7-10)15(20)17-12-5-3-4-11(8-12)16-2/h3-8,16H,1-2H3,(H,17,20). The summed E-state index contributed by atoms with van der Waals surface area (Å²) < 4.78 is 4.82. The zero-order valence-electron chi connectivity index (χ0n) is 11.6. The molecule has 1 aromatic carbocycles. The number of carbonyl (C=O) groups excluding carboxylic acids is 2. The molecule has 0 aliphatic carbocycles. The van der Waals surface area contributed by atoms with Gasteiger partial charge in [-0.3, -0.25) is 9.59 Å². The second kappa shape index (κ2) is 6.04. The maximum Gasteiger partial charge on any atom is 0.337 e. The van der Waals surface area contributed by atoms with Crippen LogP contribution in [0.2, 0.25) is 0 Å². The summed E-state index contributed by atoms with van der Waals surface area (Å²) in [7, 11) is 1.76. The van der Waals surface area contributed by atoms with Gasteiger partial charge in [-0.25, -0.2) is 4.79 Å². The summed E-state index contributed by atoms with van der Waals surface area (Å²) in [5.41, 5.74) is 0.770. The van der Waals surface area contributed by atoms with Gasteiger partial charge in [-0.2, -0.15) is 0 Å². The molecular formula is C15H14N2O4. The van der Waals surface area contributed by atoms with Crippen molar-refractivity contribution in [3.63, 3.8) is 0 Å². The molecule has 0 saturated carbocycles. The van der Waals surface area contributed by atoms with Crippen molar-refractivity contribution < 1.29 is 14.0 Å². The van der Waals surface area contributed by atoms with E-state index >= 15 is 0 Å². The Bertz CT molecular complexity index is 749. The molecule has 0 saturated heterocycles. The van der Waals surface area contributed by atoms with Gasteiger partial charge in [0.05, 0.1) is 0 Å². The van der Waals surface area contributed by atoms with Crippen LogP contribution in [-0.4, -0.2) is 18.7 Å². The van der Waals surface area contributed by atoms with Gasteiger partial charge >= 0.3 is 5.63 Å². The molecule has 0 unspecified atom stereocenters. The Morgan fingerprint density at radius 2 is 1.81 bits per heavy atom. The molecule has 2 aromatic rings. The highest BCUT2D eigenvalue weighted by atomic mass is 16.4. The molecule has 0 radical (unpaired) electrons. The number of nitrogens with one attached hydrogen (secondary N) is 2. The minimum atomic E-state index is -0.739. The van der Waals surface area contributed by atoms with E-state index in [1.54, 1.807) is 25.2 Å². The fourth-order valence-electron chi connectivity index (χ4n) is 1.74. The fourth-order valence-corrected chi connectivity index (χ4v) is 1.74. The van der Waals surface area contributed by atoms with Crippen LogP contribution in [0.1, 0.15) is 27.8 Å². The number of amides is 1. The lowest BCUT2D eigenvalue weighted by Gasteiger charge is -2.07. The summed E-state index contributed by atoms with van der Waals surface area (Å²) in [6.07, 6.45) is 0.